The molecular weight excluding hydrogens is 376 g/mol. The molecule has 4 rings (SSSR count). The van der Waals surface area contributed by atoms with Crippen LogP contribution in [0.5, 0.6) is 5.75 Å². The monoisotopic (exact) mass is 400 g/mol. The Balaban J connectivity index is 1.48. The fourth-order valence-electron chi connectivity index (χ4n) is 3.13. The molecule has 1 unspecified atom stereocenters. The maximum absolute atomic E-state index is 12.7. The molecule has 0 aliphatic rings. The average molecular weight is 400 g/mol. The molecule has 0 saturated heterocycles. The van der Waals surface area contributed by atoms with E-state index in [1.54, 1.807) is 12.1 Å². The van der Waals surface area contributed by atoms with E-state index in [0.717, 1.165) is 12.0 Å². The van der Waals surface area contributed by atoms with Crippen LogP contribution in [0.1, 0.15) is 42.1 Å². The predicted octanol–water partition coefficient (Wildman–Crippen LogP) is 5.85. The topological polar surface area (TPSA) is 64.4 Å². The summed E-state index contributed by atoms with van der Waals surface area (Å²) in [4.78, 5) is 17.3. The van der Waals surface area contributed by atoms with Gasteiger partial charge in [-0.25, -0.2) is 4.98 Å². The number of nitrogens with zero attached hydrogens (tertiary/aromatic N) is 1. The molecule has 0 bridgehead atoms. The summed E-state index contributed by atoms with van der Waals surface area (Å²) in [6, 6.07) is 22.7. The third-order valence-corrected chi connectivity index (χ3v) is 4.90. The Morgan fingerprint density at radius 2 is 1.90 bits per heavy atom. The molecule has 0 aliphatic carbocycles. The first-order valence-corrected chi connectivity index (χ1v) is 10.1. The Morgan fingerprint density at radius 1 is 1.07 bits per heavy atom. The number of hydrogen-bond donors (Lipinski definition) is 1. The van der Waals surface area contributed by atoms with Crippen LogP contribution in [0.2, 0.25) is 0 Å². The smallest absolute Gasteiger partial charge is 0.255 e. The van der Waals surface area contributed by atoms with E-state index < -0.39 is 0 Å². The molecule has 3 aromatic carbocycles. The molecule has 1 aromatic heterocycles. The van der Waals surface area contributed by atoms with Crippen molar-refractivity contribution >= 4 is 22.7 Å². The van der Waals surface area contributed by atoms with Crippen molar-refractivity contribution in [3.8, 4) is 5.75 Å². The molecule has 0 fully saturated rings. The van der Waals surface area contributed by atoms with Gasteiger partial charge in [0, 0.05) is 17.7 Å². The number of hydrogen-bond acceptors (Lipinski definition) is 4. The SMILES string of the molecule is CCC(C)Oc1cccc(C(=O)Nc2ccc3oc(Cc4ccccc4)nc3c2)c1. The van der Waals surface area contributed by atoms with Crippen molar-refractivity contribution in [2.75, 3.05) is 5.32 Å². The summed E-state index contributed by atoms with van der Waals surface area (Å²) in [5.41, 5.74) is 3.76. The van der Waals surface area contributed by atoms with Crippen molar-refractivity contribution in [3.63, 3.8) is 0 Å². The Bertz CT molecular complexity index is 1150. The van der Waals surface area contributed by atoms with Crippen LogP contribution in [0.3, 0.4) is 0 Å². The summed E-state index contributed by atoms with van der Waals surface area (Å²) in [6.07, 6.45) is 1.63. The molecule has 5 heteroatoms. The number of ether oxygens (including phenoxy) is 1. The van der Waals surface area contributed by atoms with Crippen molar-refractivity contribution < 1.29 is 13.9 Å². The lowest BCUT2D eigenvalue weighted by Gasteiger charge is -2.13. The van der Waals surface area contributed by atoms with E-state index in [-0.39, 0.29) is 12.0 Å². The van der Waals surface area contributed by atoms with Crippen molar-refractivity contribution in [3.05, 3.63) is 89.8 Å². The molecule has 30 heavy (non-hydrogen) atoms. The molecule has 152 valence electrons. The molecule has 0 aliphatic heterocycles. The van der Waals surface area contributed by atoms with Crippen molar-refractivity contribution in [2.45, 2.75) is 32.8 Å². The van der Waals surface area contributed by atoms with Crippen LogP contribution in [0.15, 0.2) is 77.2 Å². The first-order valence-electron chi connectivity index (χ1n) is 10.1. The van der Waals surface area contributed by atoms with Crippen molar-refractivity contribution in [2.24, 2.45) is 0 Å². The highest BCUT2D eigenvalue weighted by molar-refractivity contribution is 6.05. The molecule has 0 saturated carbocycles. The second-order valence-corrected chi connectivity index (χ2v) is 7.27. The van der Waals surface area contributed by atoms with E-state index in [9.17, 15) is 4.79 Å². The van der Waals surface area contributed by atoms with E-state index in [1.807, 2.05) is 67.6 Å². The van der Waals surface area contributed by atoms with E-state index in [1.165, 1.54) is 0 Å². The maximum atomic E-state index is 12.7. The highest BCUT2D eigenvalue weighted by Crippen LogP contribution is 2.23. The van der Waals surface area contributed by atoms with Crippen LogP contribution in [0.4, 0.5) is 5.69 Å². The number of oxazole rings is 1. The van der Waals surface area contributed by atoms with E-state index >= 15 is 0 Å². The number of nitrogens with one attached hydrogen (secondary N) is 1. The highest BCUT2D eigenvalue weighted by Gasteiger charge is 2.11. The zero-order chi connectivity index (χ0) is 20.9. The first-order chi connectivity index (χ1) is 14.6. The van der Waals surface area contributed by atoms with Crippen LogP contribution in [0.25, 0.3) is 11.1 Å². The number of fused-ring (bicyclic) bond motifs is 1. The Hall–Kier alpha value is -3.60. The van der Waals surface area contributed by atoms with E-state index in [0.29, 0.717) is 40.4 Å². The van der Waals surface area contributed by atoms with Gasteiger partial charge < -0.3 is 14.5 Å². The molecule has 0 radical (unpaired) electrons. The number of anilines is 1. The normalized spacial score (nSPS) is 11.9. The highest BCUT2D eigenvalue weighted by atomic mass is 16.5. The van der Waals surface area contributed by atoms with Gasteiger partial charge in [0.1, 0.15) is 11.3 Å². The quantitative estimate of drug-likeness (QED) is 0.423. The van der Waals surface area contributed by atoms with Gasteiger partial charge >= 0.3 is 0 Å². The second kappa shape index (κ2) is 8.82. The van der Waals surface area contributed by atoms with Gasteiger partial charge in [-0.05, 0) is 55.3 Å². The van der Waals surface area contributed by atoms with Crippen molar-refractivity contribution in [1.29, 1.82) is 0 Å². The molecule has 1 atom stereocenters. The minimum atomic E-state index is -0.197. The summed E-state index contributed by atoms with van der Waals surface area (Å²) >= 11 is 0. The van der Waals surface area contributed by atoms with Crippen LogP contribution in [0, 0.1) is 0 Å². The molecule has 1 heterocycles. The fourth-order valence-corrected chi connectivity index (χ4v) is 3.13. The van der Waals surface area contributed by atoms with Gasteiger partial charge in [0.25, 0.3) is 5.91 Å². The van der Waals surface area contributed by atoms with Gasteiger partial charge in [-0.2, -0.15) is 0 Å². The van der Waals surface area contributed by atoms with Gasteiger partial charge in [0.2, 0.25) is 0 Å². The van der Waals surface area contributed by atoms with Gasteiger partial charge in [0.05, 0.1) is 6.10 Å². The molecule has 4 aromatic rings. The lowest BCUT2D eigenvalue weighted by atomic mass is 10.1. The molecule has 1 N–H and O–H groups in total. The fraction of sp³-hybridized carbons (Fsp3) is 0.200. The van der Waals surface area contributed by atoms with Gasteiger partial charge in [0.15, 0.2) is 11.5 Å². The minimum absolute atomic E-state index is 0.1000. The molecule has 0 spiro atoms. The Kier molecular flexibility index (Phi) is 5.80. The molecule has 1 amide bonds. The van der Waals surface area contributed by atoms with Gasteiger partial charge in [-0.3, -0.25) is 4.79 Å². The number of benzene rings is 3. The van der Waals surface area contributed by atoms with Crippen molar-refractivity contribution in [1.82, 2.24) is 4.98 Å². The second-order valence-electron chi connectivity index (χ2n) is 7.27. The lowest BCUT2D eigenvalue weighted by molar-refractivity contribution is 0.102. The van der Waals surface area contributed by atoms with E-state index in [2.05, 4.69) is 17.2 Å². The summed E-state index contributed by atoms with van der Waals surface area (Å²) in [6.45, 7) is 4.07. The predicted molar refractivity (Wildman–Crippen MR) is 118 cm³/mol. The molecular formula is C25H24N2O3. The summed E-state index contributed by atoms with van der Waals surface area (Å²) in [5.74, 6) is 1.14. The average Bonchev–Trinajstić information content (AvgIpc) is 3.16. The number of amides is 1. The first kappa shape index (κ1) is 19.7. The third kappa shape index (κ3) is 4.69. The Labute approximate surface area is 175 Å². The van der Waals surface area contributed by atoms with E-state index in [4.69, 9.17) is 9.15 Å². The third-order valence-electron chi connectivity index (χ3n) is 4.90. The maximum Gasteiger partial charge on any atom is 0.255 e. The van der Waals surface area contributed by atoms with Crippen LogP contribution in [-0.2, 0) is 6.42 Å². The number of carbonyl (C=O) groups excluding carboxylic acids is 1. The Morgan fingerprint density at radius 3 is 2.70 bits per heavy atom. The van der Waals surface area contributed by atoms with Crippen LogP contribution < -0.4 is 10.1 Å². The zero-order valence-electron chi connectivity index (χ0n) is 17.1. The molecule has 5 nitrogen and oxygen atoms in total. The minimum Gasteiger partial charge on any atom is -0.491 e. The largest absolute Gasteiger partial charge is 0.491 e. The van der Waals surface area contributed by atoms with Gasteiger partial charge in [-0.15, -0.1) is 0 Å². The summed E-state index contributed by atoms with van der Waals surface area (Å²) in [5, 5.41) is 2.93. The van der Waals surface area contributed by atoms with Crippen LogP contribution >= 0.6 is 0 Å². The zero-order valence-corrected chi connectivity index (χ0v) is 17.1. The van der Waals surface area contributed by atoms with Crippen LogP contribution in [-0.4, -0.2) is 17.0 Å². The lowest BCUT2D eigenvalue weighted by Crippen LogP contribution is -2.13. The van der Waals surface area contributed by atoms with Gasteiger partial charge in [-0.1, -0.05) is 43.3 Å². The summed E-state index contributed by atoms with van der Waals surface area (Å²) < 4.78 is 11.7. The number of carbonyl (C=O) groups is 1. The number of aromatic nitrogens is 1. The summed E-state index contributed by atoms with van der Waals surface area (Å²) in [7, 11) is 0. The standard InChI is InChI=1S/C25H24N2O3/c1-3-17(2)29-21-11-7-10-19(15-21)25(28)26-20-12-13-23-22(16-20)27-24(30-23)14-18-8-5-4-6-9-18/h4-13,15-17H,3,14H2,1-2H3,(H,26,28). The number of rotatable bonds is 7.